The third-order valence-electron chi connectivity index (χ3n) is 5.75. The Morgan fingerprint density at radius 2 is 1.68 bits per heavy atom. The Bertz CT molecular complexity index is 926. The highest BCUT2D eigenvalue weighted by molar-refractivity contribution is 5.94. The van der Waals surface area contributed by atoms with Crippen molar-refractivity contribution < 1.29 is 14.3 Å². The molecule has 8 nitrogen and oxygen atoms in total. The van der Waals surface area contributed by atoms with E-state index in [1.54, 1.807) is 6.20 Å². The molecule has 1 aromatic carbocycles. The molecule has 0 bridgehead atoms. The zero-order chi connectivity index (χ0) is 22.2. The summed E-state index contributed by atoms with van der Waals surface area (Å²) in [4.78, 5) is 23.7. The molecule has 0 radical (unpaired) electrons. The lowest BCUT2D eigenvalue weighted by Gasteiger charge is -2.21. The minimum Gasteiger partial charge on any atom is -0.378 e. The van der Waals surface area contributed by atoms with Gasteiger partial charge < -0.3 is 25.0 Å². The third kappa shape index (κ3) is 4.65. The zero-order valence-corrected chi connectivity index (χ0v) is 18.8. The maximum Gasteiger partial charge on any atom is 0.251 e. The number of nitrogens with zero attached hydrogens (tertiary/aromatic N) is 3. The Kier molecular flexibility index (Phi) is 5.85. The minimum atomic E-state index is -0.201. The minimum absolute atomic E-state index is 0.0575. The fraction of sp³-hybridized carbons (Fsp3) is 0.522. The van der Waals surface area contributed by atoms with Crippen molar-refractivity contribution in [1.82, 2.24) is 15.3 Å². The van der Waals surface area contributed by atoms with Crippen LogP contribution in [0.4, 0.5) is 11.6 Å². The molecule has 1 aromatic heterocycles. The molecule has 2 N–H and O–H groups in total. The van der Waals surface area contributed by atoms with Crippen LogP contribution in [-0.4, -0.2) is 67.5 Å². The predicted octanol–water partition coefficient (Wildman–Crippen LogP) is 2.22. The summed E-state index contributed by atoms with van der Waals surface area (Å²) in [5.74, 6) is 0.444. The molecular weight excluding hydrogens is 394 g/mol. The van der Waals surface area contributed by atoms with Crippen molar-refractivity contribution in [3.8, 4) is 0 Å². The van der Waals surface area contributed by atoms with Gasteiger partial charge in [-0.25, -0.2) is 9.97 Å². The Labute approximate surface area is 183 Å². The number of hydrogen-bond donors (Lipinski definition) is 2. The topological polar surface area (TPSA) is 88.6 Å². The summed E-state index contributed by atoms with van der Waals surface area (Å²) in [7, 11) is 3.94. The zero-order valence-electron chi connectivity index (χ0n) is 18.8. The van der Waals surface area contributed by atoms with Crippen molar-refractivity contribution in [3.05, 3.63) is 47.8 Å². The maximum absolute atomic E-state index is 12.7. The van der Waals surface area contributed by atoms with Gasteiger partial charge in [-0.1, -0.05) is 20.8 Å². The number of rotatable bonds is 5. The van der Waals surface area contributed by atoms with Crippen molar-refractivity contribution in [2.24, 2.45) is 0 Å². The molecule has 8 heteroatoms. The van der Waals surface area contributed by atoms with Crippen LogP contribution < -0.4 is 15.5 Å². The Morgan fingerprint density at radius 3 is 2.32 bits per heavy atom. The van der Waals surface area contributed by atoms with Crippen molar-refractivity contribution >= 4 is 17.5 Å². The molecule has 2 aliphatic heterocycles. The van der Waals surface area contributed by atoms with Gasteiger partial charge in [0.15, 0.2) is 0 Å². The van der Waals surface area contributed by atoms with Crippen LogP contribution in [0.3, 0.4) is 0 Å². The molecule has 0 saturated carbocycles. The SMILES string of the molecule is CN(C)c1ccc(C(=O)N[C@H]2CO[C@H]3[C@@H]2OC[C@@H]3Nc2nccc(C(C)(C)C)n2)cc1. The molecule has 166 valence electrons. The number of hydrogen-bond acceptors (Lipinski definition) is 7. The summed E-state index contributed by atoms with van der Waals surface area (Å²) in [5, 5.41) is 6.42. The molecule has 2 aromatic rings. The van der Waals surface area contributed by atoms with Gasteiger partial charge >= 0.3 is 0 Å². The second kappa shape index (κ2) is 8.43. The summed E-state index contributed by atoms with van der Waals surface area (Å²) >= 11 is 0. The maximum atomic E-state index is 12.7. The second-order valence-corrected chi connectivity index (χ2v) is 9.38. The molecule has 0 aliphatic carbocycles. The lowest BCUT2D eigenvalue weighted by Crippen LogP contribution is -2.44. The summed E-state index contributed by atoms with van der Waals surface area (Å²) in [5.41, 5.74) is 2.58. The van der Waals surface area contributed by atoms with Crippen molar-refractivity contribution in [3.63, 3.8) is 0 Å². The van der Waals surface area contributed by atoms with Gasteiger partial charge in [-0.3, -0.25) is 4.79 Å². The lowest BCUT2D eigenvalue weighted by atomic mass is 9.92. The quantitative estimate of drug-likeness (QED) is 0.759. The average Bonchev–Trinajstić information content (AvgIpc) is 3.31. The van der Waals surface area contributed by atoms with Crippen LogP contribution in [0.25, 0.3) is 0 Å². The molecule has 0 unspecified atom stereocenters. The first-order chi connectivity index (χ1) is 14.7. The van der Waals surface area contributed by atoms with E-state index >= 15 is 0 Å². The number of carbonyl (C=O) groups is 1. The predicted molar refractivity (Wildman–Crippen MR) is 120 cm³/mol. The second-order valence-electron chi connectivity index (χ2n) is 9.38. The van der Waals surface area contributed by atoms with E-state index in [1.807, 2.05) is 49.3 Å². The fourth-order valence-electron chi connectivity index (χ4n) is 3.92. The molecule has 31 heavy (non-hydrogen) atoms. The number of amides is 1. The number of aromatic nitrogens is 2. The first-order valence-electron chi connectivity index (χ1n) is 10.6. The van der Waals surface area contributed by atoms with Crippen LogP contribution in [0.5, 0.6) is 0 Å². The van der Waals surface area contributed by atoms with E-state index in [0.717, 1.165) is 11.4 Å². The van der Waals surface area contributed by atoms with Gasteiger partial charge in [0.2, 0.25) is 5.95 Å². The van der Waals surface area contributed by atoms with Gasteiger partial charge in [-0.2, -0.15) is 0 Å². The molecule has 4 atom stereocenters. The number of benzene rings is 1. The Morgan fingerprint density at radius 1 is 1.03 bits per heavy atom. The lowest BCUT2D eigenvalue weighted by molar-refractivity contribution is 0.0652. The number of fused-ring (bicyclic) bond motifs is 1. The Hall–Kier alpha value is -2.71. The van der Waals surface area contributed by atoms with E-state index in [2.05, 4.69) is 41.4 Å². The van der Waals surface area contributed by atoms with Gasteiger partial charge in [0.25, 0.3) is 5.91 Å². The van der Waals surface area contributed by atoms with Gasteiger partial charge in [-0.15, -0.1) is 0 Å². The van der Waals surface area contributed by atoms with Crippen LogP contribution in [0, 0.1) is 0 Å². The van der Waals surface area contributed by atoms with Crippen LogP contribution >= 0.6 is 0 Å². The van der Waals surface area contributed by atoms with E-state index in [0.29, 0.717) is 24.7 Å². The van der Waals surface area contributed by atoms with E-state index in [9.17, 15) is 4.79 Å². The van der Waals surface area contributed by atoms with Crippen molar-refractivity contribution in [1.29, 1.82) is 0 Å². The first kappa shape index (κ1) is 21.5. The van der Waals surface area contributed by atoms with Crippen molar-refractivity contribution in [2.45, 2.75) is 50.5 Å². The molecule has 2 saturated heterocycles. The number of anilines is 2. The third-order valence-corrected chi connectivity index (χ3v) is 5.75. The molecule has 2 fully saturated rings. The largest absolute Gasteiger partial charge is 0.378 e. The average molecular weight is 426 g/mol. The van der Waals surface area contributed by atoms with Gasteiger partial charge in [0.1, 0.15) is 12.2 Å². The smallest absolute Gasteiger partial charge is 0.251 e. The molecule has 4 rings (SSSR count). The highest BCUT2D eigenvalue weighted by Crippen LogP contribution is 2.29. The van der Waals surface area contributed by atoms with Gasteiger partial charge in [0, 0.05) is 37.0 Å². The first-order valence-corrected chi connectivity index (χ1v) is 10.6. The molecular formula is C23H31N5O3. The number of nitrogens with one attached hydrogen (secondary N) is 2. The number of carbonyl (C=O) groups excluding carboxylic acids is 1. The van der Waals surface area contributed by atoms with Crippen molar-refractivity contribution in [2.75, 3.05) is 37.5 Å². The molecule has 2 aliphatic rings. The van der Waals surface area contributed by atoms with Crippen LogP contribution in [-0.2, 0) is 14.9 Å². The van der Waals surface area contributed by atoms with Crippen LogP contribution in [0.1, 0.15) is 36.8 Å². The summed E-state index contributed by atoms with van der Waals surface area (Å²) in [6.45, 7) is 7.25. The van der Waals surface area contributed by atoms with Gasteiger partial charge in [-0.05, 0) is 30.3 Å². The standard InChI is InChI=1S/C23H31N5O3/c1-23(2,3)18-10-11-24-22(27-18)26-17-13-31-19-16(12-30-20(17)19)25-21(29)14-6-8-15(9-7-14)28(4)5/h6-11,16-17,19-20H,12-13H2,1-5H3,(H,25,29)(H,24,26,27)/t16-,17-,19+,20+/m0/s1. The van der Waals surface area contributed by atoms with E-state index in [4.69, 9.17) is 9.47 Å². The number of ether oxygens (including phenoxy) is 2. The van der Waals surface area contributed by atoms with E-state index < -0.39 is 0 Å². The normalized spacial score (nSPS) is 25.2. The summed E-state index contributed by atoms with van der Waals surface area (Å²) in [6.07, 6.45) is 1.40. The highest BCUT2D eigenvalue weighted by atomic mass is 16.6. The highest BCUT2D eigenvalue weighted by Gasteiger charge is 2.48. The summed E-state index contributed by atoms with van der Waals surface area (Å²) < 4.78 is 12.0. The van der Waals surface area contributed by atoms with Crippen LogP contribution in [0.15, 0.2) is 36.5 Å². The molecule has 1 amide bonds. The fourth-order valence-corrected chi connectivity index (χ4v) is 3.92. The van der Waals surface area contributed by atoms with Gasteiger partial charge in [0.05, 0.1) is 31.0 Å². The molecule has 0 spiro atoms. The summed E-state index contributed by atoms with van der Waals surface area (Å²) in [6, 6.07) is 9.19. The van der Waals surface area contributed by atoms with Crippen LogP contribution in [0.2, 0.25) is 0 Å². The van der Waals surface area contributed by atoms with E-state index in [-0.39, 0.29) is 35.6 Å². The Balaban J connectivity index is 1.37. The van der Waals surface area contributed by atoms with E-state index in [1.165, 1.54) is 0 Å². The monoisotopic (exact) mass is 425 g/mol. The molecule has 3 heterocycles.